The fourth-order valence-corrected chi connectivity index (χ4v) is 6.55. The van der Waals surface area contributed by atoms with E-state index in [9.17, 15) is 0 Å². The SMILES string of the molecule is c1ccc(SC(Sc2ccccc2)(n2nnc3ccccc32)n2nnc3ccccc32)cc1. The van der Waals surface area contributed by atoms with E-state index in [0.29, 0.717) is 0 Å². The average molecular weight is 467 g/mol. The smallest absolute Gasteiger partial charge is 0.197 e. The minimum absolute atomic E-state index is 0.827. The predicted octanol–water partition coefficient (Wildman–Crippen LogP) is 5.88. The summed E-state index contributed by atoms with van der Waals surface area (Å²) in [5.41, 5.74) is 3.50. The first-order valence-electron chi connectivity index (χ1n) is 10.4. The van der Waals surface area contributed by atoms with Crippen LogP contribution in [0.3, 0.4) is 0 Å². The summed E-state index contributed by atoms with van der Waals surface area (Å²) >= 11 is 3.32. The van der Waals surface area contributed by atoms with Crippen molar-refractivity contribution in [3.63, 3.8) is 0 Å². The molecule has 0 radical (unpaired) electrons. The van der Waals surface area contributed by atoms with Gasteiger partial charge in [-0.05, 0) is 48.5 Å². The molecule has 0 atom stereocenters. The number of benzene rings is 4. The van der Waals surface area contributed by atoms with Crippen molar-refractivity contribution in [3.8, 4) is 0 Å². The van der Waals surface area contributed by atoms with E-state index in [1.807, 2.05) is 94.3 Å². The highest BCUT2D eigenvalue weighted by Crippen LogP contribution is 2.51. The second kappa shape index (κ2) is 8.38. The predicted molar refractivity (Wildman–Crippen MR) is 133 cm³/mol. The van der Waals surface area contributed by atoms with Crippen LogP contribution in [-0.4, -0.2) is 30.0 Å². The first-order valence-corrected chi connectivity index (χ1v) is 12.1. The summed E-state index contributed by atoms with van der Waals surface area (Å²) in [4.78, 5) is 2.17. The van der Waals surface area contributed by atoms with Crippen molar-refractivity contribution in [2.45, 2.75) is 14.1 Å². The Labute approximate surface area is 198 Å². The topological polar surface area (TPSA) is 61.4 Å². The Morgan fingerprint density at radius 1 is 0.485 bits per heavy atom. The van der Waals surface area contributed by atoms with E-state index < -0.39 is 4.33 Å². The number of rotatable bonds is 6. The molecule has 33 heavy (non-hydrogen) atoms. The Hall–Kier alpha value is -3.62. The number of nitrogens with zero attached hydrogens (tertiary/aromatic N) is 6. The molecule has 0 unspecified atom stereocenters. The van der Waals surface area contributed by atoms with Crippen LogP contribution in [0, 0.1) is 0 Å². The molecule has 0 saturated carbocycles. The molecule has 6 rings (SSSR count). The number of hydrogen-bond donors (Lipinski definition) is 0. The van der Waals surface area contributed by atoms with Crippen LogP contribution in [0.15, 0.2) is 119 Å². The third-order valence-corrected chi connectivity index (χ3v) is 7.97. The summed E-state index contributed by atoms with van der Waals surface area (Å²) < 4.78 is 3.05. The molecule has 0 fully saturated rings. The summed E-state index contributed by atoms with van der Waals surface area (Å²) in [7, 11) is 0. The van der Waals surface area contributed by atoms with E-state index in [1.165, 1.54) is 0 Å². The molecule has 0 saturated heterocycles. The minimum atomic E-state index is -0.866. The molecule has 0 N–H and O–H groups in total. The Kier molecular flexibility index (Phi) is 5.09. The summed E-state index contributed by atoms with van der Waals surface area (Å²) in [5.74, 6) is 0. The Morgan fingerprint density at radius 2 is 0.879 bits per heavy atom. The van der Waals surface area contributed by atoms with Crippen molar-refractivity contribution < 1.29 is 0 Å². The normalized spacial score (nSPS) is 11.9. The summed E-state index contributed by atoms with van der Waals surface area (Å²) in [6.07, 6.45) is 0. The number of fused-ring (bicyclic) bond motifs is 2. The van der Waals surface area contributed by atoms with Gasteiger partial charge in [-0.3, -0.25) is 0 Å². The molecular weight excluding hydrogens is 448 g/mol. The highest BCUT2D eigenvalue weighted by Gasteiger charge is 2.42. The van der Waals surface area contributed by atoms with Gasteiger partial charge in [0, 0.05) is 9.79 Å². The van der Waals surface area contributed by atoms with Crippen LogP contribution in [0.4, 0.5) is 0 Å². The zero-order valence-electron chi connectivity index (χ0n) is 17.4. The Balaban J connectivity index is 1.68. The minimum Gasteiger partial charge on any atom is -0.197 e. The van der Waals surface area contributed by atoms with Crippen LogP contribution in [0.25, 0.3) is 22.1 Å². The molecule has 0 aliphatic heterocycles. The van der Waals surface area contributed by atoms with Crippen LogP contribution in [0.5, 0.6) is 0 Å². The van der Waals surface area contributed by atoms with E-state index in [1.54, 1.807) is 23.5 Å². The maximum absolute atomic E-state index is 4.66. The fourth-order valence-electron chi connectivity index (χ4n) is 3.72. The van der Waals surface area contributed by atoms with Gasteiger partial charge in [0.1, 0.15) is 11.0 Å². The van der Waals surface area contributed by atoms with Crippen molar-refractivity contribution in [1.82, 2.24) is 30.0 Å². The molecule has 2 heterocycles. The van der Waals surface area contributed by atoms with Gasteiger partial charge in [-0.25, -0.2) is 0 Å². The second-order valence-electron chi connectivity index (χ2n) is 7.36. The van der Waals surface area contributed by atoms with E-state index in [-0.39, 0.29) is 0 Å². The standard InChI is InChI=1S/C25H18N6S2/c1-3-11-19(12-4-1)32-25(33-20-13-5-2-6-14-20,30-23-17-9-7-15-21(23)26-28-30)31-24-18-10-8-16-22(24)27-29-31/h1-18H. The van der Waals surface area contributed by atoms with Gasteiger partial charge in [-0.15, -0.1) is 10.2 Å². The van der Waals surface area contributed by atoms with Crippen molar-refractivity contribution in [2.24, 2.45) is 0 Å². The lowest BCUT2D eigenvalue weighted by Crippen LogP contribution is -2.36. The van der Waals surface area contributed by atoms with Gasteiger partial charge in [-0.2, -0.15) is 9.36 Å². The number of para-hydroxylation sites is 2. The maximum atomic E-state index is 4.66. The van der Waals surface area contributed by atoms with Crippen LogP contribution in [0.2, 0.25) is 0 Å². The molecule has 160 valence electrons. The van der Waals surface area contributed by atoms with Gasteiger partial charge < -0.3 is 0 Å². The highest BCUT2D eigenvalue weighted by atomic mass is 32.2. The van der Waals surface area contributed by atoms with Gasteiger partial charge in [0.05, 0.1) is 11.0 Å². The summed E-state index contributed by atoms with van der Waals surface area (Å²) in [6.45, 7) is 0. The summed E-state index contributed by atoms with van der Waals surface area (Å²) in [5, 5.41) is 18.3. The van der Waals surface area contributed by atoms with E-state index >= 15 is 0 Å². The molecule has 0 spiro atoms. The maximum Gasteiger partial charge on any atom is 0.261 e. The van der Waals surface area contributed by atoms with Gasteiger partial charge in [0.25, 0.3) is 4.33 Å². The monoisotopic (exact) mass is 466 g/mol. The Morgan fingerprint density at radius 3 is 1.33 bits per heavy atom. The third kappa shape index (κ3) is 3.57. The molecule has 6 aromatic rings. The largest absolute Gasteiger partial charge is 0.261 e. The number of thioether (sulfide) groups is 2. The first kappa shape index (κ1) is 20.0. The van der Waals surface area contributed by atoms with Gasteiger partial charge in [0.15, 0.2) is 0 Å². The number of hydrogen-bond acceptors (Lipinski definition) is 6. The zero-order valence-corrected chi connectivity index (χ0v) is 19.0. The van der Waals surface area contributed by atoms with Gasteiger partial charge in [-0.1, -0.05) is 94.6 Å². The lowest BCUT2D eigenvalue weighted by Gasteiger charge is -2.33. The molecular formula is C25H18N6S2. The van der Waals surface area contributed by atoms with Crippen molar-refractivity contribution in [1.29, 1.82) is 0 Å². The lowest BCUT2D eigenvalue weighted by molar-refractivity contribution is 0.444. The second-order valence-corrected chi connectivity index (χ2v) is 10.1. The van der Waals surface area contributed by atoms with Crippen LogP contribution >= 0.6 is 23.5 Å². The van der Waals surface area contributed by atoms with Gasteiger partial charge in [0.2, 0.25) is 0 Å². The average Bonchev–Trinajstić information content (AvgIpc) is 3.50. The first-order chi connectivity index (χ1) is 16.3. The van der Waals surface area contributed by atoms with Crippen LogP contribution in [0.1, 0.15) is 0 Å². The highest BCUT2D eigenvalue weighted by molar-refractivity contribution is 8.17. The van der Waals surface area contributed by atoms with Crippen molar-refractivity contribution in [2.75, 3.05) is 0 Å². The lowest BCUT2D eigenvalue weighted by atomic mass is 10.3. The fraction of sp³-hybridized carbons (Fsp3) is 0.0400. The van der Waals surface area contributed by atoms with E-state index in [0.717, 1.165) is 31.9 Å². The van der Waals surface area contributed by atoms with E-state index in [4.69, 9.17) is 0 Å². The summed E-state index contributed by atoms with van der Waals surface area (Å²) in [6, 6.07) is 36.6. The van der Waals surface area contributed by atoms with Crippen molar-refractivity contribution in [3.05, 3.63) is 109 Å². The molecule has 6 nitrogen and oxygen atoms in total. The number of aromatic nitrogens is 6. The molecule has 0 aliphatic carbocycles. The van der Waals surface area contributed by atoms with Gasteiger partial charge >= 0.3 is 0 Å². The molecule has 2 aromatic heterocycles. The molecule has 0 amide bonds. The van der Waals surface area contributed by atoms with Crippen LogP contribution < -0.4 is 0 Å². The molecule has 0 aliphatic rings. The van der Waals surface area contributed by atoms with Crippen LogP contribution in [-0.2, 0) is 4.33 Å². The molecule has 0 bridgehead atoms. The molecule has 8 heteroatoms. The van der Waals surface area contributed by atoms with E-state index in [2.05, 4.69) is 44.9 Å². The third-order valence-electron chi connectivity index (χ3n) is 5.23. The van der Waals surface area contributed by atoms with Crippen molar-refractivity contribution >= 4 is 45.6 Å². The quantitative estimate of drug-likeness (QED) is 0.226. The zero-order chi connectivity index (χ0) is 22.1. The Bertz CT molecular complexity index is 1410. The molecule has 4 aromatic carbocycles.